The number of nitrogen functional groups attached to an aromatic ring is 1. The van der Waals surface area contributed by atoms with E-state index in [9.17, 15) is 5.26 Å². The van der Waals surface area contributed by atoms with E-state index < -0.39 is 0 Å². The van der Waals surface area contributed by atoms with Crippen LogP contribution < -0.4 is 11.1 Å². The van der Waals surface area contributed by atoms with Crippen molar-refractivity contribution in [3.8, 4) is 17.4 Å². The Morgan fingerprint density at radius 3 is 2.64 bits per heavy atom. The lowest BCUT2D eigenvalue weighted by atomic mass is 10.0. The maximum Gasteiger partial charge on any atom is 0.136 e. The van der Waals surface area contributed by atoms with E-state index in [-0.39, 0.29) is 0 Å². The van der Waals surface area contributed by atoms with E-state index in [1.54, 1.807) is 24.3 Å². The zero-order valence-corrected chi connectivity index (χ0v) is 19.7. The number of nitrogens with two attached hydrogens (primary N) is 1. The number of hydrogen-bond acceptors (Lipinski definition) is 4. The third kappa shape index (κ3) is 5.85. The molecule has 0 aliphatic rings. The number of allylic oxidation sites excluding steroid dienone is 4. The molecule has 1 aromatic heterocycles. The maximum atomic E-state index is 9.75. The lowest BCUT2D eigenvalue weighted by molar-refractivity contribution is 0.572. The van der Waals surface area contributed by atoms with E-state index >= 15 is 0 Å². The Labute approximate surface area is 200 Å². The minimum atomic E-state index is 0.357. The van der Waals surface area contributed by atoms with Gasteiger partial charge in [0.2, 0.25) is 0 Å². The highest BCUT2D eigenvalue weighted by atomic mass is 35.5. The predicted molar refractivity (Wildman–Crippen MR) is 140 cm³/mol. The summed E-state index contributed by atoms with van der Waals surface area (Å²) in [6.07, 6.45) is 7.75. The number of hydrogen-bond donors (Lipinski definition) is 2. The second-order valence-electron chi connectivity index (χ2n) is 7.82. The molecule has 0 radical (unpaired) electrons. The minimum Gasteiger partial charge on any atom is -0.457 e. The van der Waals surface area contributed by atoms with Gasteiger partial charge in [-0.25, -0.2) is 0 Å². The molecule has 0 amide bonds. The first-order valence-corrected chi connectivity index (χ1v) is 10.8. The van der Waals surface area contributed by atoms with Crippen LogP contribution in [-0.2, 0) is 0 Å². The quantitative estimate of drug-likeness (QED) is 0.215. The Kier molecular flexibility index (Phi) is 7.61. The molecule has 0 fully saturated rings. The van der Waals surface area contributed by atoms with Crippen LogP contribution in [0.4, 0.5) is 11.4 Å². The molecule has 0 atom stereocenters. The summed E-state index contributed by atoms with van der Waals surface area (Å²) in [6.45, 7) is 10.2. The SMILES string of the molecule is C=C(Nc1cccc(C)c1/C=C\C=C(C)C)/C(C#N)=C/c1ccc(-c2cccc(Cl)c2N)o1. The molecule has 0 bridgehead atoms. The van der Waals surface area contributed by atoms with Gasteiger partial charge in [-0.2, -0.15) is 5.26 Å². The number of para-hydroxylation sites is 1. The van der Waals surface area contributed by atoms with E-state index in [0.29, 0.717) is 39.1 Å². The summed E-state index contributed by atoms with van der Waals surface area (Å²) in [4.78, 5) is 0. The molecule has 0 saturated carbocycles. The van der Waals surface area contributed by atoms with Crippen LogP contribution in [0.5, 0.6) is 0 Å². The molecule has 5 heteroatoms. The molecule has 166 valence electrons. The fraction of sp³-hybridized carbons (Fsp3) is 0.107. The van der Waals surface area contributed by atoms with Gasteiger partial charge in [-0.15, -0.1) is 0 Å². The number of aryl methyl sites for hydroxylation is 1. The summed E-state index contributed by atoms with van der Waals surface area (Å²) < 4.78 is 5.90. The summed E-state index contributed by atoms with van der Waals surface area (Å²) in [5, 5.41) is 13.5. The number of nitrogens with one attached hydrogen (secondary N) is 1. The van der Waals surface area contributed by atoms with E-state index in [1.165, 1.54) is 5.57 Å². The van der Waals surface area contributed by atoms with Gasteiger partial charge in [-0.05, 0) is 56.7 Å². The summed E-state index contributed by atoms with van der Waals surface area (Å²) in [6, 6.07) is 17.1. The molecule has 3 rings (SSSR count). The van der Waals surface area contributed by atoms with Crippen LogP contribution in [0.25, 0.3) is 23.5 Å². The largest absolute Gasteiger partial charge is 0.457 e. The van der Waals surface area contributed by atoms with Crippen LogP contribution in [-0.4, -0.2) is 0 Å². The van der Waals surface area contributed by atoms with Crippen molar-refractivity contribution in [2.24, 2.45) is 0 Å². The fourth-order valence-electron chi connectivity index (χ4n) is 3.23. The number of rotatable bonds is 7. The third-order valence-electron chi connectivity index (χ3n) is 4.98. The molecular weight excluding hydrogens is 430 g/mol. The number of nitrogens with zero attached hydrogens (tertiary/aromatic N) is 1. The van der Waals surface area contributed by atoms with E-state index in [2.05, 4.69) is 18.0 Å². The zero-order valence-electron chi connectivity index (χ0n) is 18.9. The number of anilines is 2. The smallest absolute Gasteiger partial charge is 0.136 e. The van der Waals surface area contributed by atoms with Gasteiger partial charge in [0.1, 0.15) is 17.6 Å². The highest BCUT2D eigenvalue weighted by Crippen LogP contribution is 2.33. The van der Waals surface area contributed by atoms with Crippen LogP contribution in [0, 0.1) is 18.3 Å². The van der Waals surface area contributed by atoms with Gasteiger partial charge in [0.05, 0.1) is 16.3 Å². The molecule has 0 aliphatic heterocycles. The van der Waals surface area contributed by atoms with Gasteiger partial charge >= 0.3 is 0 Å². The van der Waals surface area contributed by atoms with Crippen molar-refractivity contribution in [1.29, 1.82) is 5.26 Å². The minimum absolute atomic E-state index is 0.357. The summed E-state index contributed by atoms with van der Waals surface area (Å²) in [7, 11) is 0. The third-order valence-corrected chi connectivity index (χ3v) is 5.31. The van der Waals surface area contributed by atoms with Crippen LogP contribution in [0.3, 0.4) is 0 Å². The molecule has 2 aromatic carbocycles. The standard InChI is InChI=1S/C28H26ClN3O/c1-18(2)8-5-10-23-19(3)9-6-13-26(23)32-20(4)21(17-30)16-22-14-15-27(33-22)24-11-7-12-25(29)28(24)31/h5-16,32H,4,31H2,1-3H3/b10-5-,21-16+. The van der Waals surface area contributed by atoms with Gasteiger partial charge in [0, 0.05) is 28.6 Å². The van der Waals surface area contributed by atoms with E-state index in [1.807, 2.05) is 69.3 Å². The molecule has 0 saturated heterocycles. The lowest BCUT2D eigenvalue weighted by Gasteiger charge is -2.13. The monoisotopic (exact) mass is 455 g/mol. The van der Waals surface area contributed by atoms with Crippen molar-refractivity contribution in [2.75, 3.05) is 11.1 Å². The second kappa shape index (κ2) is 10.6. The molecule has 3 N–H and O–H groups in total. The Balaban J connectivity index is 1.86. The molecule has 0 aliphatic carbocycles. The van der Waals surface area contributed by atoms with Crippen LogP contribution >= 0.6 is 11.6 Å². The fourth-order valence-corrected chi connectivity index (χ4v) is 3.41. The Bertz CT molecular complexity index is 1320. The second-order valence-corrected chi connectivity index (χ2v) is 8.22. The van der Waals surface area contributed by atoms with Crippen molar-refractivity contribution in [1.82, 2.24) is 0 Å². The van der Waals surface area contributed by atoms with Crippen LogP contribution in [0.2, 0.25) is 5.02 Å². The zero-order chi connectivity index (χ0) is 24.0. The number of nitriles is 1. The molecular formula is C28H26ClN3O. The molecule has 3 aromatic rings. The predicted octanol–water partition coefficient (Wildman–Crippen LogP) is 8.00. The van der Waals surface area contributed by atoms with Gasteiger partial charge in [-0.3, -0.25) is 0 Å². The first kappa shape index (κ1) is 23.7. The summed E-state index contributed by atoms with van der Waals surface area (Å²) in [5.41, 5.74) is 12.3. The van der Waals surface area contributed by atoms with Gasteiger partial charge < -0.3 is 15.5 Å². The molecule has 33 heavy (non-hydrogen) atoms. The average Bonchev–Trinajstić information content (AvgIpc) is 3.24. The maximum absolute atomic E-state index is 9.75. The highest BCUT2D eigenvalue weighted by Gasteiger charge is 2.12. The molecule has 0 unspecified atom stereocenters. The lowest BCUT2D eigenvalue weighted by Crippen LogP contribution is -2.02. The highest BCUT2D eigenvalue weighted by molar-refractivity contribution is 6.33. The molecule has 1 heterocycles. The van der Waals surface area contributed by atoms with Crippen LogP contribution in [0.15, 0.2) is 88.5 Å². The topological polar surface area (TPSA) is 75.0 Å². The Morgan fingerprint density at radius 1 is 1.15 bits per heavy atom. The van der Waals surface area contributed by atoms with Gasteiger partial charge in [-0.1, -0.05) is 60.2 Å². The molecule has 4 nitrogen and oxygen atoms in total. The van der Waals surface area contributed by atoms with Crippen molar-refractivity contribution in [3.05, 3.63) is 106 Å². The van der Waals surface area contributed by atoms with E-state index in [4.69, 9.17) is 21.8 Å². The first-order valence-electron chi connectivity index (χ1n) is 10.4. The van der Waals surface area contributed by atoms with Crippen molar-refractivity contribution >= 4 is 35.1 Å². The van der Waals surface area contributed by atoms with Gasteiger partial charge in [0.25, 0.3) is 0 Å². The van der Waals surface area contributed by atoms with Crippen molar-refractivity contribution < 1.29 is 4.42 Å². The van der Waals surface area contributed by atoms with E-state index in [0.717, 1.165) is 16.8 Å². The average molecular weight is 456 g/mol. The summed E-state index contributed by atoms with van der Waals surface area (Å²) >= 11 is 6.12. The van der Waals surface area contributed by atoms with Crippen molar-refractivity contribution in [3.63, 3.8) is 0 Å². The first-order chi connectivity index (χ1) is 15.8. The normalized spacial score (nSPS) is 11.3. The molecule has 0 spiro atoms. The Hall–Kier alpha value is -3.94. The number of halogens is 1. The number of benzene rings is 2. The Morgan fingerprint density at radius 2 is 1.91 bits per heavy atom. The van der Waals surface area contributed by atoms with Crippen molar-refractivity contribution in [2.45, 2.75) is 20.8 Å². The van der Waals surface area contributed by atoms with Gasteiger partial charge in [0.15, 0.2) is 0 Å². The van der Waals surface area contributed by atoms with Crippen LogP contribution in [0.1, 0.15) is 30.7 Å². The number of furan rings is 1. The summed E-state index contributed by atoms with van der Waals surface area (Å²) in [5.74, 6) is 1.08.